The second-order valence-electron chi connectivity index (χ2n) is 3.68. The van der Waals surface area contributed by atoms with Gasteiger partial charge in [0.25, 0.3) is 0 Å². The lowest BCUT2D eigenvalue weighted by molar-refractivity contribution is 0.0594. The summed E-state index contributed by atoms with van der Waals surface area (Å²) in [6, 6.07) is 0. The average Bonchev–Trinajstić information content (AvgIpc) is 3.03. The van der Waals surface area contributed by atoms with Crippen LogP contribution in [0, 0.1) is 0 Å². The number of rotatable bonds is 2. The van der Waals surface area contributed by atoms with Crippen LogP contribution in [0.5, 0.6) is 0 Å². The number of nitrogens with two attached hydrogens (primary N) is 1. The first-order valence-electron chi connectivity index (χ1n) is 5.29. The lowest BCUT2D eigenvalue weighted by atomic mass is 10.4. The Balaban J connectivity index is 2.17. The Morgan fingerprint density at radius 2 is 2.32 bits per heavy atom. The Morgan fingerprint density at radius 3 is 3.11 bits per heavy atom. The number of nitrogen functional groups attached to an aromatic ring is 1. The number of carbonyl (C=O) groups excluding carboxylic acids is 1. The molecule has 3 rings (SSSR count). The first-order valence-corrected chi connectivity index (χ1v) is 5.29. The summed E-state index contributed by atoms with van der Waals surface area (Å²) in [6.07, 6.45) is 6.28. The maximum absolute atomic E-state index is 11.5. The molecule has 0 aromatic carbocycles. The van der Waals surface area contributed by atoms with E-state index in [2.05, 4.69) is 25.0 Å². The summed E-state index contributed by atoms with van der Waals surface area (Å²) in [5.41, 5.74) is 6.46. The molecule has 2 N–H and O–H groups in total. The molecule has 3 aromatic heterocycles. The van der Waals surface area contributed by atoms with Gasteiger partial charge in [-0.25, -0.2) is 14.5 Å². The number of anilines is 1. The monoisotopic (exact) mass is 259 g/mol. The summed E-state index contributed by atoms with van der Waals surface area (Å²) in [5, 5.41) is 11.8. The van der Waals surface area contributed by atoms with Crippen molar-refractivity contribution in [2.45, 2.75) is 0 Å². The molecule has 0 atom stereocenters. The van der Waals surface area contributed by atoms with E-state index in [0.29, 0.717) is 11.5 Å². The van der Waals surface area contributed by atoms with Crippen molar-refractivity contribution < 1.29 is 9.53 Å². The van der Waals surface area contributed by atoms with E-state index in [9.17, 15) is 4.79 Å². The highest BCUT2D eigenvalue weighted by molar-refractivity contribution is 5.92. The number of fused-ring (bicyclic) bond motifs is 1. The van der Waals surface area contributed by atoms with Crippen LogP contribution in [0.1, 0.15) is 10.5 Å². The SMILES string of the molecule is COC(=O)c1nn(-c2nccn3cnnc23)cc1N. The minimum atomic E-state index is -0.607. The van der Waals surface area contributed by atoms with Gasteiger partial charge in [0.05, 0.1) is 19.0 Å². The Morgan fingerprint density at radius 1 is 1.47 bits per heavy atom. The van der Waals surface area contributed by atoms with Gasteiger partial charge in [-0.05, 0) is 0 Å². The van der Waals surface area contributed by atoms with Crippen LogP contribution in [-0.2, 0) is 4.74 Å². The van der Waals surface area contributed by atoms with Gasteiger partial charge in [-0.3, -0.25) is 4.40 Å². The second kappa shape index (κ2) is 4.05. The van der Waals surface area contributed by atoms with Gasteiger partial charge in [-0.15, -0.1) is 10.2 Å². The van der Waals surface area contributed by atoms with Crippen molar-refractivity contribution >= 4 is 17.3 Å². The van der Waals surface area contributed by atoms with Crippen molar-refractivity contribution in [1.29, 1.82) is 0 Å². The second-order valence-corrected chi connectivity index (χ2v) is 3.68. The smallest absolute Gasteiger partial charge is 0.360 e. The highest BCUT2D eigenvalue weighted by atomic mass is 16.5. The highest BCUT2D eigenvalue weighted by Crippen LogP contribution is 2.15. The first-order chi connectivity index (χ1) is 9.20. The van der Waals surface area contributed by atoms with Crippen LogP contribution >= 0.6 is 0 Å². The van der Waals surface area contributed by atoms with Crippen LogP contribution in [0.4, 0.5) is 5.69 Å². The Labute approximate surface area is 106 Å². The largest absolute Gasteiger partial charge is 0.464 e. The summed E-state index contributed by atoms with van der Waals surface area (Å²) in [5.74, 6) is -0.188. The number of methoxy groups -OCH3 is 1. The van der Waals surface area contributed by atoms with E-state index in [-0.39, 0.29) is 11.4 Å². The van der Waals surface area contributed by atoms with Crippen molar-refractivity contribution in [2.75, 3.05) is 12.8 Å². The van der Waals surface area contributed by atoms with Crippen molar-refractivity contribution in [3.05, 3.63) is 30.6 Å². The maximum atomic E-state index is 11.5. The molecule has 0 saturated heterocycles. The van der Waals surface area contributed by atoms with Gasteiger partial charge >= 0.3 is 5.97 Å². The number of esters is 1. The van der Waals surface area contributed by atoms with Gasteiger partial charge < -0.3 is 10.5 Å². The Kier molecular flexibility index (Phi) is 2.37. The first kappa shape index (κ1) is 11.1. The number of hydrogen-bond acceptors (Lipinski definition) is 7. The lowest BCUT2D eigenvalue weighted by Crippen LogP contribution is -2.07. The molecule has 0 radical (unpaired) electrons. The lowest BCUT2D eigenvalue weighted by Gasteiger charge is -2.00. The number of nitrogens with zero attached hydrogens (tertiary/aromatic N) is 6. The molecule has 0 saturated carbocycles. The number of carbonyl (C=O) groups is 1. The van der Waals surface area contributed by atoms with E-state index in [0.717, 1.165) is 0 Å². The van der Waals surface area contributed by atoms with E-state index >= 15 is 0 Å². The summed E-state index contributed by atoms with van der Waals surface area (Å²) in [6.45, 7) is 0. The zero-order valence-electron chi connectivity index (χ0n) is 9.89. The van der Waals surface area contributed by atoms with Gasteiger partial charge in [-0.2, -0.15) is 5.10 Å². The number of aromatic nitrogens is 6. The molecular weight excluding hydrogens is 250 g/mol. The molecule has 0 aliphatic heterocycles. The molecule has 19 heavy (non-hydrogen) atoms. The molecule has 0 aliphatic rings. The van der Waals surface area contributed by atoms with Gasteiger partial charge in [0.15, 0.2) is 11.5 Å². The predicted molar refractivity (Wildman–Crippen MR) is 63.7 cm³/mol. The van der Waals surface area contributed by atoms with E-state index in [1.165, 1.54) is 24.3 Å². The normalized spacial score (nSPS) is 10.8. The minimum Gasteiger partial charge on any atom is -0.464 e. The highest BCUT2D eigenvalue weighted by Gasteiger charge is 2.17. The van der Waals surface area contributed by atoms with Crippen LogP contribution in [0.2, 0.25) is 0 Å². The van der Waals surface area contributed by atoms with Crippen molar-refractivity contribution in [1.82, 2.24) is 29.4 Å². The zero-order valence-corrected chi connectivity index (χ0v) is 9.89. The van der Waals surface area contributed by atoms with E-state index in [1.54, 1.807) is 16.8 Å². The molecule has 9 nitrogen and oxygen atoms in total. The summed E-state index contributed by atoms with van der Waals surface area (Å²) >= 11 is 0. The van der Waals surface area contributed by atoms with Gasteiger partial charge in [0.2, 0.25) is 5.65 Å². The third kappa shape index (κ3) is 1.68. The van der Waals surface area contributed by atoms with Crippen molar-refractivity contribution in [3.8, 4) is 5.82 Å². The fourth-order valence-electron chi connectivity index (χ4n) is 1.66. The van der Waals surface area contributed by atoms with Crippen LogP contribution in [-0.4, -0.2) is 42.4 Å². The molecule has 96 valence electrons. The molecule has 0 fully saturated rings. The van der Waals surface area contributed by atoms with Crippen molar-refractivity contribution in [2.24, 2.45) is 0 Å². The molecular formula is C10H9N7O2. The van der Waals surface area contributed by atoms with E-state index < -0.39 is 5.97 Å². The standard InChI is InChI=1S/C10H9N7O2/c1-19-10(18)7-6(11)4-17(15-7)8-9-14-13-5-16(9)3-2-12-8/h2-5H,11H2,1H3. The Hall–Kier alpha value is -2.97. The molecule has 0 aliphatic carbocycles. The fourth-order valence-corrected chi connectivity index (χ4v) is 1.66. The third-order valence-corrected chi connectivity index (χ3v) is 2.54. The van der Waals surface area contributed by atoms with E-state index in [1.807, 2.05) is 0 Å². The van der Waals surface area contributed by atoms with E-state index in [4.69, 9.17) is 5.73 Å². The third-order valence-electron chi connectivity index (χ3n) is 2.54. The van der Waals surface area contributed by atoms with Gasteiger partial charge in [0.1, 0.15) is 6.33 Å². The minimum absolute atomic E-state index is 0.0332. The molecule has 0 spiro atoms. The molecule has 3 heterocycles. The van der Waals surface area contributed by atoms with Crippen LogP contribution in [0.15, 0.2) is 24.9 Å². The molecule has 0 bridgehead atoms. The summed E-state index contributed by atoms with van der Waals surface area (Å²) in [7, 11) is 1.26. The Bertz CT molecular complexity index is 760. The topological polar surface area (TPSA) is 113 Å². The van der Waals surface area contributed by atoms with Crippen LogP contribution in [0.3, 0.4) is 0 Å². The summed E-state index contributed by atoms with van der Waals surface area (Å²) in [4.78, 5) is 15.6. The average molecular weight is 259 g/mol. The summed E-state index contributed by atoms with van der Waals surface area (Å²) < 4.78 is 7.64. The molecule has 0 unspecified atom stereocenters. The zero-order chi connectivity index (χ0) is 13.4. The van der Waals surface area contributed by atoms with Crippen LogP contribution < -0.4 is 5.73 Å². The quantitative estimate of drug-likeness (QED) is 0.627. The molecule has 0 amide bonds. The van der Waals surface area contributed by atoms with Gasteiger partial charge in [0, 0.05) is 12.4 Å². The number of hydrogen-bond donors (Lipinski definition) is 1. The fraction of sp³-hybridized carbons (Fsp3) is 0.100. The number of ether oxygens (including phenoxy) is 1. The van der Waals surface area contributed by atoms with Gasteiger partial charge in [-0.1, -0.05) is 0 Å². The predicted octanol–water partition coefficient (Wildman–Crippen LogP) is -0.321. The van der Waals surface area contributed by atoms with Crippen LogP contribution in [0.25, 0.3) is 11.5 Å². The molecule has 9 heteroatoms. The molecule has 3 aromatic rings. The van der Waals surface area contributed by atoms with Crippen molar-refractivity contribution in [3.63, 3.8) is 0 Å². The maximum Gasteiger partial charge on any atom is 0.360 e.